The Bertz CT molecular complexity index is 537. The van der Waals surface area contributed by atoms with Crippen molar-refractivity contribution in [3.63, 3.8) is 0 Å². The molecule has 1 aliphatic carbocycles. The van der Waals surface area contributed by atoms with Crippen molar-refractivity contribution in [1.29, 1.82) is 0 Å². The highest BCUT2D eigenvalue weighted by molar-refractivity contribution is 6.32. The first kappa shape index (κ1) is 16.0. The lowest BCUT2D eigenvalue weighted by molar-refractivity contribution is -0.384. The zero-order valence-electron chi connectivity index (χ0n) is 12.3. The van der Waals surface area contributed by atoms with Crippen molar-refractivity contribution in [2.45, 2.75) is 32.1 Å². The van der Waals surface area contributed by atoms with E-state index in [0.717, 1.165) is 12.1 Å². The summed E-state index contributed by atoms with van der Waals surface area (Å²) in [5.41, 5.74) is 2.15. The van der Waals surface area contributed by atoms with Gasteiger partial charge in [0.15, 0.2) is 0 Å². The Morgan fingerprint density at radius 1 is 1.43 bits per heavy atom. The first-order valence-corrected chi connectivity index (χ1v) is 7.78. The van der Waals surface area contributed by atoms with Gasteiger partial charge in [0.05, 0.1) is 4.92 Å². The van der Waals surface area contributed by atoms with Crippen LogP contribution in [0.25, 0.3) is 6.08 Å². The van der Waals surface area contributed by atoms with Crippen LogP contribution >= 0.6 is 11.6 Å². The first-order chi connectivity index (χ1) is 10.1. The summed E-state index contributed by atoms with van der Waals surface area (Å²) in [6.45, 7) is 0.821. The summed E-state index contributed by atoms with van der Waals surface area (Å²) >= 11 is 5.86. The molecular formula is C16H21ClN2O2. The normalized spacial score (nSPS) is 17.0. The minimum atomic E-state index is -0.433. The quantitative estimate of drug-likeness (QED) is 0.646. The van der Waals surface area contributed by atoms with Gasteiger partial charge in [0.25, 0.3) is 5.69 Å². The molecule has 2 rings (SSSR count). The van der Waals surface area contributed by atoms with Gasteiger partial charge in [0.1, 0.15) is 5.02 Å². The van der Waals surface area contributed by atoms with Gasteiger partial charge in [-0.15, -0.1) is 0 Å². The van der Waals surface area contributed by atoms with Crippen molar-refractivity contribution < 1.29 is 4.92 Å². The SMILES string of the molecule is CNC/C(=C/c1ccc(Cl)c([N+](=O)[O-])c1)C1CCCCC1. The van der Waals surface area contributed by atoms with Gasteiger partial charge in [-0.2, -0.15) is 0 Å². The van der Waals surface area contributed by atoms with E-state index in [0.29, 0.717) is 5.92 Å². The molecule has 21 heavy (non-hydrogen) atoms. The van der Waals surface area contributed by atoms with E-state index in [1.54, 1.807) is 12.1 Å². The van der Waals surface area contributed by atoms with Crippen molar-refractivity contribution in [2.24, 2.45) is 5.92 Å². The summed E-state index contributed by atoms with van der Waals surface area (Å²) in [7, 11) is 1.93. The van der Waals surface area contributed by atoms with Gasteiger partial charge in [-0.3, -0.25) is 10.1 Å². The first-order valence-electron chi connectivity index (χ1n) is 7.41. The number of nitrogens with zero attached hydrogens (tertiary/aromatic N) is 1. The number of hydrogen-bond acceptors (Lipinski definition) is 3. The minimum absolute atomic E-state index is 0.0298. The second-order valence-corrected chi connectivity index (χ2v) is 5.96. The molecule has 1 N–H and O–H groups in total. The Morgan fingerprint density at radius 3 is 2.76 bits per heavy atom. The minimum Gasteiger partial charge on any atom is -0.316 e. The van der Waals surface area contributed by atoms with Crippen LogP contribution in [0.3, 0.4) is 0 Å². The lowest BCUT2D eigenvalue weighted by Crippen LogP contribution is -2.19. The standard InChI is InChI=1S/C16H21ClN2O2/c1-18-11-14(13-5-3-2-4-6-13)9-12-7-8-15(17)16(10-12)19(20)21/h7-10,13,18H,2-6,11H2,1H3/b14-9-. The van der Waals surface area contributed by atoms with E-state index in [2.05, 4.69) is 11.4 Å². The third-order valence-electron chi connectivity index (χ3n) is 4.03. The van der Waals surface area contributed by atoms with Crippen molar-refractivity contribution in [1.82, 2.24) is 5.32 Å². The fourth-order valence-corrected chi connectivity index (χ4v) is 3.15. The average Bonchev–Trinajstić information content (AvgIpc) is 2.49. The Morgan fingerprint density at radius 2 is 2.14 bits per heavy atom. The van der Waals surface area contributed by atoms with E-state index in [-0.39, 0.29) is 10.7 Å². The average molecular weight is 309 g/mol. The summed E-state index contributed by atoms with van der Waals surface area (Å²) < 4.78 is 0. The zero-order valence-corrected chi connectivity index (χ0v) is 13.0. The van der Waals surface area contributed by atoms with Crippen LogP contribution in [-0.2, 0) is 0 Å². The molecule has 4 nitrogen and oxygen atoms in total. The molecule has 0 bridgehead atoms. The number of nitrogens with one attached hydrogen (secondary N) is 1. The molecule has 0 radical (unpaired) electrons. The maximum atomic E-state index is 11.0. The molecule has 0 amide bonds. The van der Waals surface area contributed by atoms with Crippen LogP contribution < -0.4 is 5.32 Å². The van der Waals surface area contributed by atoms with Crippen molar-refractivity contribution in [3.05, 3.63) is 44.5 Å². The smallest absolute Gasteiger partial charge is 0.288 e. The van der Waals surface area contributed by atoms with Gasteiger partial charge >= 0.3 is 0 Å². The monoisotopic (exact) mass is 308 g/mol. The number of nitro benzene ring substituents is 1. The molecular weight excluding hydrogens is 288 g/mol. The summed E-state index contributed by atoms with van der Waals surface area (Å²) in [6, 6.07) is 5.00. The third kappa shape index (κ3) is 4.29. The summed E-state index contributed by atoms with van der Waals surface area (Å²) in [5.74, 6) is 0.584. The molecule has 1 aromatic rings. The van der Waals surface area contributed by atoms with Crippen LogP contribution in [0.5, 0.6) is 0 Å². The van der Waals surface area contributed by atoms with Gasteiger partial charge < -0.3 is 5.32 Å². The molecule has 5 heteroatoms. The molecule has 0 atom stereocenters. The predicted octanol–water partition coefficient (Wildman–Crippen LogP) is 4.43. The van der Waals surface area contributed by atoms with Crippen LogP contribution in [-0.4, -0.2) is 18.5 Å². The van der Waals surface area contributed by atoms with E-state index in [1.807, 2.05) is 13.1 Å². The molecule has 0 aliphatic heterocycles. The highest BCUT2D eigenvalue weighted by Crippen LogP contribution is 2.32. The van der Waals surface area contributed by atoms with Crippen LogP contribution in [0.1, 0.15) is 37.7 Å². The Kier molecular flexibility index (Phi) is 5.76. The molecule has 114 valence electrons. The highest BCUT2D eigenvalue weighted by atomic mass is 35.5. The third-order valence-corrected chi connectivity index (χ3v) is 4.35. The van der Waals surface area contributed by atoms with E-state index >= 15 is 0 Å². The maximum Gasteiger partial charge on any atom is 0.288 e. The molecule has 0 aromatic heterocycles. The summed E-state index contributed by atoms with van der Waals surface area (Å²) in [4.78, 5) is 10.5. The maximum absolute atomic E-state index is 11.0. The molecule has 1 fully saturated rings. The number of benzene rings is 1. The Hall–Kier alpha value is -1.39. The topological polar surface area (TPSA) is 55.2 Å². The number of likely N-dealkylation sites (N-methyl/N-ethyl adjacent to an activating group) is 1. The molecule has 1 aliphatic rings. The Balaban J connectivity index is 2.28. The summed E-state index contributed by atoms with van der Waals surface area (Å²) in [6.07, 6.45) is 8.36. The van der Waals surface area contributed by atoms with E-state index in [1.165, 1.54) is 37.7 Å². The van der Waals surface area contributed by atoms with Crippen LogP contribution in [0.15, 0.2) is 23.8 Å². The highest BCUT2D eigenvalue weighted by Gasteiger charge is 2.18. The van der Waals surface area contributed by atoms with Gasteiger partial charge in [0, 0.05) is 12.6 Å². The van der Waals surface area contributed by atoms with Crippen molar-refractivity contribution >= 4 is 23.4 Å². The fourth-order valence-electron chi connectivity index (χ4n) is 2.96. The number of halogens is 1. The van der Waals surface area contributed by atoms with Crippen molar-refractivity contribution in [3.8, 4) is 0 Å². The fraction of sp³-hybridized carbons (Fsp3) is 0.500. The number of rotatable bonds is 5. The van der Waals surface area contributed by atoms with Gasteiger partial charge in [0.2, 0.25) is 0 Å². The number of nitro groups is 1. The van der Waals surface area contributed by atoms with Crippen LogP contribution in [0.4, 0.5) is 5.69 Å². The zero-order chi connectivity index (χ0) is 15.2. The number of hydrogen-bond donors (Lipinski definition) is 1. The molecule has 1 aromatic carbocycles. The molecule has 0 spiro atoms. The van der Waals surface area contributed by atoms with Crippen molar-refractivity contribution in [2.75, 3.05) is 13.6 Å². The van der Waals surface area contributed by atoms with E-state index in [4.69, 9.17) is 11.6 Å². The summed E-state index contributed by atoms with van der Waals surface area (Å²) in [5, 5.41) is 14.4. The lowest BCUT2D eigenvalue weighted by atomic mass is 9.83. The molecule has 0 heterocycles. The second-order valence-electron chi connectivity index (χ2n) is 5.55. The molecule has 0 unspecified atom stereocenters. The largest absolute Gasteiger partial charge is 0.316 e. The molecule has 1 saturated carbocycles. The molecule has 0 saturated heterocycles. The van der Waals surface area contributed by atoms with E-state index < -0.39 is 4.92 Å². The Labute approximate surface area is 130 Å². The lowest BCUT2D eigenvalue weighted by Gasteiger charge is -2.24. The predicted molar refractivity (Wildman–Crippen MR) is 86.6 cm³/mol. The van der Waals surface area contributed by atoms with Gasteiger partial charge in [-0.05, 0) is 37.4 Å². The van der Waals surface area contributed by atoms with Gasteiger partial charge in [-0.1, -0.05) is 48.6 Å². The van der Waals surface area contributed by atoms with E-state index in [9.17, 15) is 10.1 Å². The van der Waals surface area contributed by atoms with Gasteiger partial charge in [-0.25, -0.2) is 0 Å². The van der Waals surface area contributed by atoms with Crippen LogP contribution in [0, 0.1) is 16.0 Å². The second kappa shape index (κ2) is 7.57. The van der Waals surface area contributed by atoms with Crippen LogP contribution in [0.2, 0.25) is 5.02 Å².